The molecule has 8 heteroatoms. The van der Waals surface area contributed by atoms with E-state index in [0.717, 1.165) is 25.2 Å². The maximum absolute atomic E-state index is 12.5. The number of benzene rings is 2. The molecule has 29 heavy (non-hydrogen) atoms. The van der Waals surface area contributed by atoms with Gasteiger partial charge in [-0.05, 0) is 55.4 Å². The first kappa shape index (κ1) is 21.1. The van der Waals surface area contributed by atoms with Crippen LogP contribution in [0.5, 0.6) is 5.75 Å². The van der Waals surface area contributed by atoms with Crippen LogP contribution in [-0.2, 0) is 14.8 Å². The maximum Gasteiger partial charge on any atom is 0.261 e. The van der Waals surface area contributed by atoms with Crippen LogP contribution in [0.3, 0.4) is 0 Å². The standard InChI is InChI=1S/C21H27N3O4S/c1-3-23-11-13-24(14-12-23)21(25)16-28-19-7-9-20(10-8-19)29(26,27)22-18-6-4-5-17(2)15-18/h4-10,15,22H,3,11-14,16H2,1-2H3. The van der Waals surface area contributed by atoms with Crippen molar-refractivity contribution in [1.82, 2.24) is 9.80 Å². The molecule has 0 radical (unpaired) electrons. The number of amides is 1. The second-order valence-corrected chi connectivity index (χ2v) is 8.73. The van der Waals surface area contributed by atoms with Gasteiger partial charge in [0, 0.05) is 31.9 Å². The van der Waals surface area contributed by atoms with E-state index in [9.17, 15) is 13.2 Å². The lowest BCUT2D eigenvalue weighted by atomic mass is 10.2. The summed E-state index contributed by atoms with van der Waals surface area (Å²) >= 11 is 0. The number of carbonyl (C=O) groups excluding carboxylic acids is 1. The number of carbonyl (C=O) groups is 1. The first-order valence-corrected chi connectivity index (χ1v) is 11.2. The molecule has 7 nitrogen and oxygen atoms in total. The van der Waals surface area contributed by atoms with Crippen LogP contribution >= 0.6 is 0 Å². The molecule has 1 aliphatic rings. The van der Waals surface area contributed by atoms with Gasteiger partial charge in [-0.25, -0.2) is 8.42 Å². The number of nitrogens with zero attached hydrogens (tertiary/aromatic N) is 2. The Morgan fingerprint density at radius 3 is 2.38 bits per heavy atom. The Balaban J connectivity index is 1.55. The van der Waals surface area contributed by atoms with Crippen molar-refractivity contribution in [1.29, 1.82) is 0 Å². The Bertz CT molecular complexity index is 937. The van der Waals surface area contributed by atoms with E-state index in [0.29, 0.717) is 24.5 Å². The first-order chi connectivity index (χ1) is 13.9. The molecule has 0 spiro atoms. The van der Waals surface area contributed by atoms with Crippen LogP contribution in [0.2, 0.25) is 0 Å². The number of likely N-dealkylation sites (N-methyl/N-ethyl adjacent to an activating group) is 1. The number of ether oxygens (including phenoxy) is 1. The Kier molecular flexibility index (Phi) is 6.76. The highest BCUT2D eigenvalue weighted by molar-refractivity contribution is 7.92. The molecule has 1 N–H and O–H groups in total. The van der Waals surface area contributed by atoms with Crippen LogP contribution in [0.15, 0.2) is 53.4 Å². The van der Waals surface area contributed by atoms with E-state index >= 15 is 0 Å². The summed E-state index contributed by atoms with van der Waals surface area (Å²) in [6.45, 7) is 8.11. The lowest BCUT2D eigenvalue weighted by molar-refractivity contribution is -0.135. The summed E-state index contributed by atoms with van der Waals surface area (Å²) < 4.78 is 33.2. The molecule has 1 saturated heterocycles. The van der Waals surface area contributed by atoms with Crippen molar-refractivity contribution in [2.75, 3.05) is 44.1 Å². The fourth-order valence-corrected chi connectivity index (χ4v) is 4.24. The highest BCUT2D eigenvalue weighted by Crippen LogP contribution is 2.20. The summed E-state index contributed by atoms with van der Waals surface area (Å²) in [7, 11) is -3.69. The summed E-state index contributed by atoms with van der Waals surface area (Å²) in [4.78, 5) is 16.5. The van der Waals surface area contributed by atoms with Crippen molar-refractivity contribution in [2.24, 2.45) is 0 Å². The van der Waals surface area contributed by atoms with E-state index in [4.69, 9.17) is 4.74 Å². The number of sulfonamides is 1. The molecule has 0 bridgehead atoms. The van der Waals surface area contributed by atoms with E-state index < -0.39 is 10.0 Å². The van der Waals surface area contributed by atoms with E-state index in [-0.39, 0.29) is 17.4 Å². The van der Waals surface area contributed by atoms with Crippen molar-refractivity contribution in [3.05, 3.63) is 54.1 Å². The molecule has 3 rings (SSSR count). The number of hydrogen-bond acceptors (Lipinski definition) is 5. The smallest absolute Gasteiger partial charge is 0.261 e. The molecule has 1 amide bonds. The van der Waals surface area contributed by atoms with Crippen molar-refractivity contribution < 1.29 is 17.9 Å². The van der Waals surface area contributed by atoms with Crippen LogP contribution in [0.4, 0.5) is 5.69 Å². The van der Waals surface area contributed by atoms with Crippen LogP contribution in [0, 0.1) is 6.92 Å². The molecule has 0 unspecified atom stereocenters. The third kappa shape index (κ3) is 5.71. The number of aryl methyl sites for hydroxylation is 1. The van der Waals surface area contributed by atoms with E-state index in [1.807, 2.05) is 13.0 Å². The van der Waals surface area contributed by atoms with Gasteiger partial charge in [-0.15, -0.1) is 0 Å². The lowest BCUT2D eigenvalue weighted by Crippen LogP contribution is -2.49. The van der Waals surface area contributed by atoms with Gasteiger partial charge in [-0.3, -0.25) is 9.52 Å². The number of rotatable bonds is 7. The predicted octanol–water partition coefficient (Wildman–Crippen LogP) is 2.34. The lowest BCUT2D eigenvalue weighted by Gasteiger charge is -2.33. The summed E-state index contributed by atoms with van der Waals surface area (Å²) in [6, 6.07) is 13.2. The number of anilines is 1. The van der Waals surface area contributed by atoms with Crippen LogP contribution in [0.25, 0.3) is 0 Å². The summed E-state index contributed by atoms with van der Waals surface area (Å²) in [5.41, 5.74) is 1.48. The van der Waals surface area contributed by atoms with Gasteiger partial charge >= 0.3 is 0 Å². The molecular weight excluding hydrogens is 390 g/mol. The zero-order valence-corrected chi connectivity index (χ0v) is 17.6. The van der Waals surface area contributed by atoms with Gasteiger partial charge in [0.2, 0.25) is 0 Å². The third-order valence-corrected chi connectivity index (χ3v) is 6.34. The predicted molar refractivity (Wildman–Crippen MR) is 113 cm³/mol. The van der Waals surface area contributed by atoms with Gasteiger partial charge < -0.3 is 14.5 Å². The average Bonchev–Trinajstić information content (AvgIpc) is 2.72. The molecule has 0 atom stereocenters. The molecule has 0 aliphatic carbocycles. The average molecular weight is 418 g/mol. The van der Waals surface area contributed by atoms with Crippen LogP contribution < -0.4 is 9.46 Å². The Labute approximate surface area is 172 Å². The van der Waals surface area contributed by atoms with E-state index in [1.165, 1.54) is 12.1 Å². The quantitative estimate of drug-likeness (QED) is 0.748. The molecule has 2 aromatic carbocycles. The zero-order valence-electron chi connectivity index (χ0n) is 16.8. The largest absolute Gasteiger partial charge is 0.484 e. The minimum absolute atomic E-state index is 0.0558. The topological polar surface area (TPSA) is 79.0 Å². The first-order valence-electron chi connectivity index (χ1n) is 9.70. The second-order valence-electron chi connectivity index (χ2n) is 7.05. The van der Waals surface area contributed by atoms with Gasteiger partial charge in [0.05, 0.1) is 4.90 Å². The molecule has 2 aromatic rings. The van der Waals surface area contributed by atoms with Gasteiger partial charge in [-0.2, -0.15) is 0 Å². The Morgan fingerprint density at radius 2 is 1.76 bits per heavy atom. The monoisotopic (exact) mass is 417 g/mol. The third-order valence-electron chi connectivity index (χ3n) is 4.94. The molecule has 0 saturated carbocycles. The Morgan fingerprint density at radius 1 is 1.07 bits per heavy atom. The van der Waals surface area contributed by atoms with Crippen molar-refractivity contribution in [2.45, 2.75) is 18.7 Å². The molecule has 1 aliphatic heterocycles. The van der Waals surface area contributed by atoms with Crippen molar-refractivity contribution in [3.63, 3.8) is 0 Å². The van der Waals surface area contributed by atoms with Crippen LogP contribution in [-0.4, -0.2) is 63.5 Å². The second kappa shape index (κ2) is 9.28. The van der Waals surface area contributed by atoms with Crippen LogP contribution in [0.1, 0.15) is 12.5 Å². The molecule has 0 aromatic heterocycles. The highest BCUT2D eigenvalue weighted by Gasteiger charge is 2.20. The van der Waals surface area contributed by atoms with Crippen molar-refractivity contribution in [3.8, 4) is 5.75 Å². The summed E-state index contributed by atoms with van der Waals surface area (Å²) in [5, 5.41) is 0. The highest BCUT2D eigenvalue weighted by atomic mass is 32.2. The van der Waals surface area contributed by atoms with Gasteiger partial charge in [0.1, 0.15) is 5.75 Å². The molecule has 1 heterocycles. The Hall–Kier alpha value is -2.58. The zero-order chi connectivity index (χ0) is 20.9. The number of hydrogen-bond donors (Lipinski definition) is 1. The van der Waals surface area contributed by atoms with E-state index in [1.54, 1.807) is 35.2 Å². The summed E-state index contributed by atoms with van der Waals surface area (Å²) in [5.74, 6) is 0.401. The maximum atomic E-state index is 12.5. The van der Waals surface area contributed by atoms with Crippen molar-refractivity contribution >= 4 is 21.6 Å². The fourth-order valence-electron chi connectivity index (χ4n) is 3.19. The molecule has 1 fully saturated rings. The van der Waals surface area contributed by atoms with Gasteiger partial charge in [0.15, 0.2) is 6.61 Å². The normalized spacial score (nSPS) is 15.2. The number of nitrogens with one attached hydrogen (secondary N) is 1. The SMILES string of the molecule is CCN1CCN(C(=O)COc2ccc(S(=O)(=O)Nc3cccc(C)c3)cc2)CC1. The van der Waals surface area contributed by atoms with Gasteiger partial charge in [-0.1, -0.05) is 19.1 Å². The summed E-state index contributed by atoms with van der Waals surface area (Å²) in [6.07, 6.45) is 0. The number of piperazine rings is 1. The minimum atomic E-state index is -3.69. The molecule has 156 valence electrons. The minimum Gasteiger partial charge on any atom is -0.484 e. The fraction of sp³-hybridized carbons (Fsp3) is 0.381. The van der Waals surface area contributed by atoms with Gasteiger partial charge in [0.25, 0.3) is 15.9 Å². The van der Waals surface area contributed by atoms with E-state index in [2.05, 4.69) is 16.5 Å². The molecular formula is C21H27N3O4S.